The second-order valence-electron chi connectivity index (χ2n) is 5.21. The summed E-state index contributed by atoms with van der Waals surface area (Å²) >= 11 is 5.69. The van der Waals surface area contributed by atoms with E-state index < -0.39 is 5.82 Å². The van der Waals surface area contributed by atoms with E-state index in [1.165, 1.54) is 31.4 Å². The fraction of sp³-hybridized carbons (Fsp3) is 0.533. The van der Waals surface area contributed by atoms with Gasteiger partial charge in [-0.05, 0) is 31.0 Å². The molecular weight excluding hydrogens is 279 g/mol. The van der Waals surface area contributed by atoms with Gasteiger partial charge in [-0.25, -0.2) is 4.39 Å². The molecule has 1 fully saturated rings. The molecule has 0 aromatic heterocycles. The molecule has 0 aliphatic heterocycles. The van der Waals surface area contributed by atoms with Gasteiger partial charge < -0.3 is 10.6 Å². The molecule has 0 heterocycles. The van der Waals surface area contributed by atoms with E-state index in [4.69, 9.17) is 11.6 Å². The normalized spacial score (nSPS) is 15.9. The minimum atomic E-state index is -0.438. The minimum absolute atomic E-state index is 0.0672. The van der Waals surface area contributed by atoms with E-state index >= 15 is 0 Å². The highest BCUT2D eigenvalue weighted by molar-refractivity contribution is 6.31. The number of halogens is 2. The van der Waals surface area contributed by atoms with E-state index in [0.717, 1.165) is 18.5 Å². The summed E-state index contributed by atoms with van der Waals surface area (Å²) in [4.78, 5) is 11.8. The Morgan fingerprint density at radius 1 is 1.30 bits per heavy atom. The van der Waals surface area contributed by atoms with E-state index in [-0.39, 0.29) is 10.9 Å². The van der Waals surface area contributed by atoms with Gasteiger partial charge in [0.05, 0.1) is 5.02 Å². The third-order valence-electron chi connectivity index (χ3n) is 3.57. The standard InChI is InChI=1S/C15H20ClFN2O/c16-13-10-12(6-7-14(13)17)18-9-8-15(20)19-11-4-2-1-3-5-11/h6-7,10-11,18H,1-5,8-9H2,(H,19,20). The van der Waals surface area contributed by atoms with Crippen molar-refractivity contribution in [2.75, 3.05) is 11.9 Å². The van der Waals surface area contributed by atoms with Crippen molar-refractivity contribution in [1.82, 2.24) is 5.32 Å². The Bertz CT molecular complexity index is 461. The molecule has 20 heavy (non-hydrogen) atoms. The fourth-order valence-corrected chi connectivity index (χ4v) is 2.65. The predicted molar refractivity (Wildman–Crippen MR) is 79.5 cm³/mol. The summed E-state index contributed by atoms with van der Waals surface area (Å²) in [6, 6.07) is 4.79. The first-order valence-corrected chi connectivity index (χ1v) is 7.51. The molecule has 0 radical (unpaired) electrons. The largest absolute Gasteiger partial charge is 0.384 e. The molecule has 0 atom stereocenters. The van der Waals surface area contributed by atoms with Gasteiger partial charge in [0.25, 0.3) is 0 Å². The third kappa shape index (κ3) is 4.67. The van der Waals surface area contributed by atoms with Gasteiger partial charge in [-0.1, -0.05) is 30.9 Å². The highest BCUT2D eigenvalue weighted by Gasteiger charge is 2.15. The molecule has 1 saturated carbocycles. The van der Waals surface area contributed by atoms with Crippen molar-refractivity contribution >= 4 is 23.2 Å². The number of rotatable bonds is 5. The van der Waals surface area contributed by atoms with E-state index in [9.17, 15) is 9.18 Å². The van der Waals surface area contributed by atoms with Crippen LogP contribution in [0.2, 0.25) is 5.02 Å². The average molecular weight is 299 g/mol. The maximum Gasteiger partial charge on any atom is 0.221 e. The number of hydrogen-bond donors (Lipinski definition) is 2. The zero-order valence-electron chi connectivity index (χ0n) is 11.4. The summed E-state index contributed by atoms with van der Waals surface area (Å²) in [7, 11) is 0. The fourth-order valence-electron chi connectivity index (χ4n) is 2.47. The number of anilines is 1. The second kappa shape index (κ2) is 7.48. The Hall–Kier alpha value is -1.29. The third-order valence-corrected chi connectivity index (χ3v) is 3.86. The highest BCUT2D eigenvalue weighted by Crippen LogP contribution is 2.19. The minimum Gasteiger partial charge on any atom is -0.384 e. The van der Waals surface area contributed by atoms with Crippen molar-refractivity contribution in [2.45, 2.75) is 44.6 Å². The number of carbonyl (C=O) groups is 1. The lowest BCUT2D eigenvalue weighted by molar-refractivity contribution is -0.121. The Kier molecular flexibility index (Phi) is 5.65. The molecule has 0 unspecified atom stereocenters. The Labute approximate surface area is 123 Å². The maximum absolute atomic E-state index is 13.0. The molecule has 1 aliphatic rings. The number of nitrogens with one attached hydrogen (secondary N) is 2. The van der Waals surface area contributed by atoms with Crippen LogP contribution >= 0.6 is 11.6 Å². The van der Waals surface area contributed by atoms with Crippen LogP contribution in [-0.2, 0) is 4.79 Å². The molecule has 1 aromatic carbocycles. The van der Waals surface area contributed by atoms with Crippen molar-refractivity contribution < 1.29 is 9.18 Å². The van der Waals surface area contributed by atoms with Crippen LogP contribution in [0, 0.1) is 5.82 Å². The van der Waals surface area contributed by atoms with Gasteiger partial charge in [0.2, 0.25) is 5.91 Å². The monoisotopic (exact) mass is 298 g/mol. The molecule has 1 amide bonds. The zero-order chi connectivity index (χ0) is 14.4. The molecule has 5 heteroatoms. The number of benzene rings is 1. The van der Waals surface area contributed by atoms with Crippen LogP contribution in [0.3, 0.4) is 0 Å². The van der Waals surface area contributed by atoms with Gasteiger partial charge >= 0.3 is 0 Å². The summed E-state index contributed by atoms with van der Waals surface area (Å²) in [6.07, 6.45) is 6.28. The number of hydrogen-bond acceptors (Lipinski definition) is 2. The van der Waals surface area contributed by atoms with Crippen LogP contribution in [0.4, 0.5) is 10.1 Å². The van der Waals surface area contributed by atoms with Gasteiger partial charge in [0.1, 0.15) is 5.82 Å². The SMILES string of the molecule is O=C(CCNc1ccc(F)c(Cl)c1)NC1CCCCC1. The van der Waals surface area contributed by atoms with Gasteiger partial charge in [-0.3, -0.25) is 4.79 Å². The Morgan fingerprint density at radius 3 is 2.75 bits per heavy atom. The van der Waals surface area contributed by atoms with Crippen LogP contribution in [0.15, 0.2) is 18.2 Å². The zero-order valence-corrected chi connectivity index (χ0v) is 12.2. The first-order valence-electron chi connectivity index (χ1n) is 7.13. The van der Waals surface area contributed by atoms with E-state index in [1.807, 2.05) is 0 Å². The lowest BCUT2D eigenvalue weighted by atomic mass is 9.95. The Balaban J connectivity index is 1.69. The van der Waals surface area contributed by atoms with E-state index in [1.54, 1.807) is 6.07 Å². The summed E-state index contributed by atoms with van der Waals surface area (Å²) in [5, 5.41) is 6.21. The lowest BCUT2D eigenvalue weighted by Gasteiger charge is -2.22. The van der Waals surface area contributed by atoms with Crippen LogP contribution in [0.5, 0.6) is 0 Å². The van der Waals surface area contributed by atoms with Gasteiger partial charge in [-0.15, -0.1) is 0 Å². The molecule has 0 spiro atoms. The van der Waals surface area contributed by atoms with Crippen molar-refractivity contribution in [3.8, 4) is 0 Å². The van der Waals surface area contributed by atoms with Crippen molar-refractivity contribution in [3.63, 3.8) is 0 Å². The summed E-state index contributed by atoms with van der Waals surface area (Å²) < 4.78 is 13.0. The molecule has 1 aromatic rings. The lowest BCUT2D eigenvalue weighted by Crippen LogP contribution is -2.36. The first-order chi connectivity index (χ1) is 9.65. The van der Waals surface area contributed by atoms with Gasteiger partial charge in [0, 0.05) is 24.7 Å². The van der Waals surface area contributed by atoms with Crippen LogP contribution < -0.4 is 10.6 Å². The van der Waals surface area contributed by atoms with E-state index in [2.05, 4.69) is 10.6 Å². The number of carbonyl (C=O) groups excluding carboxylic acids is 1. The van der Waals surface area contributed by atoms with Crippen molar-refractivity contribution in [3.05, 3.63) is 29.0 Å². The predicted octanol–water partition coefficient (Wildman–Crippen LogP) is 3.73. The molecule has 0 saturated heterocycles. The number of amides is 1. The second-order valence-corrected chi connectivity index (χ2v) is 5.62. The van der Waals surface area contributed by atoms with Crippen LogP contribution in [0.1, 0.15) is 38.5 Å². The molecule has 110 valence electrons. The van der Waals surface area contributed by atoms with Crippen molar-refractivity contribution in [2.24, 2.45) is 0 Å². The summed E-state index contributed by atoms with van der Waals surface area (Å²) in [5.41, 5.74) is 0.724. The first kappa shape index (κ1) is 15.1. The summed E-state index contributed by atoms with van der Waals surface area (Å²) in [5.74, 6) is -0.370. The quantitative estimate of drug-likeness (QED) is 0.869. The van der Waals surface area contributed by atoms with Crippen molar-refractivity contribution in [1.29, 1.82) is 0 Å². The molecule has 0 bridgehead atoms. The molecular formula is C15H20ClFN2O. The van der Waals surface area contributed by atoms with Gasteiger partial charge in [0.15, 0.2) is 0 Å². The van der Waals surface area contributed by atoms with Crippen LogP contribution in [0.25, 0.3) is 0 Å². The average Bonchev–Trinajstić information content (AvgIpc) is 2.44. The molecule has 2 rings (SSSR count). The molecule has 1 aliphatic carbocycles. The van der Waals surface area contributed by atoms with Crippen LogP contribution in [-0.4, -0.2) is 18.5 Å². The smallest absolute Gasteiger partial charge is 0.221 e. The highest BCUT2D eigenvalue weighted by atomic mass is 35.5. The molecule has 3 nitrogen and oxygen atoms in total. The Morgan fingerprint density at radius 2 is 2.05 bits per heavy atom. The topological polar surface area (TPSA) is 41.1 Å². The summed E-state index contributed by atoms with van der Waals surface area (Å²) in [6.45, 7) is 0.514. The van der Waals surface area contributed by atoms with E-state index in [0.29, 0.717) is 19.0 Å². The molecule has 2 N–H and O–H groups in total. The van der Waals surface area contributed by atoms with Gasteiger partial charge in [-0.2, -0.15) is 0 Å². The maximum atomic E-state index is 13.0.